The highest BCUT2D eigenvalue weighted by atomic mass is 32.2. The maximum atomic E-state index is 11.4. The van der Waals surface area contributed by atoms with Gasteiger partial charge in [-0.25, -0.2) is 13.4 Å². The van der Waals surface area contributed by atoms with Crippen molar-refractivity contribution < 1.29 is 8.42 Å². The summed E-state index contributed by atoms with van der Waals surface area (Å²) in [4.78, 5) is 18.4. The molecule has 0 saturated carbocycles. The molecule has 0 atom stereocenters. The normalized spacial score (nSPS) is 11.3. The van der Waals surface area contributed by atoms with Gasteiger partial charge in [-0.1, -0.05) is 11.8 Å². The zero-order valence-corrected chi connectivity index (χ0v) is 12.5. The molecule has 0 aliphatic heterocycles. The molecule has 2 rings (SSSR count). The number of nitrogens with one attached hydrogen (secondary N) is 2. The van der Waals surface area contributed by atoms with E-state index in [9.17, 15) is 13.2 Å². The predicted molar refractivity (Wildman–Crippen MR) is 79.5 cm³/mol. The van der Waals surface area contributed by atoms with Crippen molar-refractivity contribution in [3.05, 3.63) is 40.7 Å². The fourth-order valence-corrected chi connectivity index (χ4v) is 2.55. The van der Waals surface area contributed by atoms with Crippen LogP contribution in [0.2, 0.25) is 0 Å². The van der Waals surface area contributed by atoms with Crippen LogP contribution in [0.3, 0.4) is 0 Å². The Hall–Kier alpha value is -1.80. The molecule has 0 aliphatic rings. The number of rotatable bonds is 4. The SMILES string of the molecule is CSc1nc(Nc2ccc(S(C)(=O)=O)cc2)cc(=O)[nH]1. The van der Waals surface area contributed by atoms with Gasteiger partial charge in [0.15, 0.2) is 15.0 Å². The van der Waals surface area contributed by atoms with E-state index in [1.807, 2.05) is 6.26 Å². The molecule has 20 heavy (non-hydrogen) atoms. The predicted octanol–water partition coefficient (Wildman–Crippen LogP) is 1.64. The summed E-state index contributed by atoms with van der Waals surface area (Å²) in [5.41, 5.74) is 0.405. The molecule has 1 heterocycles. The third-order valence-corrected chi connectivity index (χ3v) is 4.18. The van der Waals surface area contributed by atoms with E-state index in [1.165, 1.54) is 30.0 Å². The average molecular weight is 311 g/mol. The number of aromatic amines is 1. The van der Waals surface area contributed by atoms with Gasteiger partial charge in [0, 0.05) is 18.0 Å². The summed E-state index contributed by atoms with van der Waals surface area (Å²) in [7, 11) is -3.21. The van der Waals surface area contributed by atoms with Crippen LogP contribution in [0.15, 0.2) is 45.2 Å². The van der Waals surface area contributed by atoms with Crippen molar-refractivity contribution in [3.8, 4) is 0 Å². The highest BCUT2D eigenvalue weighted by Gasteiger charge is 2.06. The molecule has 0 radical (unpaired) electrons. The Morgan fingerprint density at radius 3 is 2.45 bits per heavy atom. The van der Waals surface area contributed by atoms with E-state index in [1.54, 1.807) is 12.1 Å². The van der Waals surface area contributed by atoms with Crippen molar-refractivity contribution in [3.63, 3.8) is 0 Å². The standard InChI is InChI=1S/C12H13N3O3S2/c1-19-12-14-10(7-11(16)15-12)13-8-3-5-9(6-4-8)20(2,17)18/h3-7H,1-2H3,(H2,13,14,15,16). The van der Waals surface area contributed by atoms with E-state index in [-0.39, 0.29) is 10.5 Å². The summed E-state index contributed by atoms with van der Waals surface area (Å²) in [6, 6.07) is 7.58. The first-order valence-electron chi connectivity index (χ1n) is 5.61. The minimum absolute atomic E-state index is 0.242. The van der Waals surface area contributed by atoms with Crippen molar-refractivity contribution in [2.75, 3.05) is 17.8 Å². The Morgan fingerprint density at radius 1 is 1.25 bits per heavy atom. The lowest BCUT2D eigenvalue weighted by molar-refractivity contribution is 0.602. The lowest BCUT2D eigenvalue weighted by atomic mass is 10.3. The third-order valence-electron chi connectivity index (χ3n) is 2.47. The summed E-state index contributed by atoms with van der Waals surface area (Å²) >= 11 is 1.33. The quantitative estimate of drug-likeness (QED) is 0.659. The number of H-pyrrole nitrogens is 1. The van der Waals surface area contributed by atoms with Gasteiger partial charge in [0.25, 0.3) is 5.56 Å². The van der Waals surface area contributed by atoms with Crippen LogP contribution in [0.5, 0.6) is 0 Å². The molecule has 0 spiro atoms. The zero-order chi connectivity index (χ0) is 14.8. The highest BCUT2D eigenvalue weighted by molar-refractivity contribution is 7.98. The third kappa shape index (κ3) is 3.61. The molecule has 8 heteroatoms. The Morgan fingerprint density at radius 2 is 1.90 bits per heavy atom. The van der Waals surface area contributed by atoms with E-state index in [0.717, 1.165) is 6.26 Å². The largest absolute Gasteiger partial charge is 0.340 e. The van der Waals surface area contributed by atoms with Crippen molar-refractivity contribution >= 4 is 33.1 Å². The van der Waals surface area contributed by atoms with Crippen LogP contribution in [0.1, 0.15) is 0 Å². The fraction of sp³-hybridized carbons (Fsp3) is 0.167. The molecular weight excluding hydrogens is 298 g/mol. The van der Waals surface area contributed by atoms with Gasteiger partial charge < -0.3 is 10.3 Å². The molecule has 0 amide bonds. The average Bonchev–Trinajstić information content (AvgIpc) is 2.37. The van der Waals surface area contributed by atoms with Crippen LogP contribution in [-0.2, 0) is 9.84 Å². The molecule has 106 valence electrons. The Bertz CT molecular complexity index is 767. The first-order valence-corrected chi connectivity index (χ1v) is 8.72. The van der Waals surface area contributed by atoms with Crippen molar-refractivity contribution in [1.82, 2.24) is 9.97 Å². The maximum absolute atomic E-state index is 11.4. The molecule has 0 saturated heterocycles. The summed E-state index contributed by atoms with van der Waals surface area (Å²) in [6.07, 6.45) is 2.96. The van der Waals surface area contributed by atoms with E-state index >= 15 is 0 Å². The molecular formula is C12H13N3O3S2. The number of thioether (sulfide) groups is 1. The van der Waals surface area contributed by atoms with E-state index in [4.69, 9.17) is 0 Å². The number of aromatic nitrogens is 2. The molecule has 1 aromatic heterocycles. The number of hydrogen-bond donors (Lipinski definition) is 2. The van der Waals surface area contributed by atoms with Gasteiger partial charge in [-0.2, -0.15) is 0 Å². The second-order valence-electron chi connectivity index (χ2n) is 4.06. The van der Waals surface area contributed by atoms with Crippen LogP contribution in [0, 0.1) is 0 Å². The highest BCUT2D eigenvalue weighted by Crippen LogP contribution is 2.18. The molecule has 0 fully saturated rings. The fourth-order valence-electron chi connectivity index (χ4n) is 1.53. The Kier molecular flexibility index (Phi) is 4.15. The van der Waals surface area contributed by atoms with Crippen molar-refractivity contribution in [1.29, 1.82) is 0 Å². The van der Waals surface area contributed by atoms with Crippen molar-refractivity contribution in [2.45, 2.75) is 10.1 Å². The molecule has 2 aromatic rings. The van der Waals surface area contributed by atoms with Crippen LogP contribution in [0.25, 0.3) is 0 Å². The molecule has 0 bridgehead atoms. The second-order valence-corrected chi connectivity index (χ2v) is 6.87. The number of nitrogens with zero attached hydrogens (tertiary/aromatic N) is 1. The smallest absolute Gasteiger partial charge is 0.253 e. The van der Waals surface area contributed by atoms with E-state index < -0.39 is 9.84 Å². The zero-order valence-electron chi connectivity index (χ0n) is 10.9. The first-order chi connectivity index (χ1) is 9.38. The van der Waals surface area contributed by atoms with Gasteiger partial charge in [-0.15, -0.1) is 0 Å². The lowest BCUT2D eigenvalue weighted by Crippen LogP contribution is -2.09. The summed E-state index contributed by atoms with van der Waals surface area (Å²) < 4.78 is 22.7. The van der Waals surface area contributed by atoms with Gasteiger partial charge in [0.2, 0.25) is 0 Å². The molecule has 0 unspecified atom stereocenters. The maximum Gasteiger partial charge on any atom is 0.253 e. The Balaban J connectivity index is 2.26. The first kappa shape index (κ1) is 14.6. The molecule has 6 nitrogen and oxygen atoms in total. The van der Waals surface area contributed by atoms with Crippen LogP contribution >= 0.6 is 11.8 Å². The van der Waals surface area contributed by atoms with Gasteiger partial charge in [-0.3, -0.25) is 4.79 Å². The summed E-state index contributed by atoms with van der Waals surface area (Å²) in [6.45, 7) is 0. The molecule has 1 aromatic carbocycles. The summed E-state index contributed by atoms with van der Waals surface area (Å²) in [5, 5.41) is 3.47. The minimum Gasteiger partial charge on any atom is -0.340 e. The van der Waals surface area contributed by atoms with Gasteiger partial charge in [0.1, 0.15) is 5.82 Å². The molecule has 0 aliphatic carbocycles. The topological polar surface area (TPSA) is 91.9 Å². The summed E-state index contributed by atoms with van der Waals surface area (Å²) in [5.74, 6) is 0.408. The molecule has 2 N–H and O–H groups in total. The minimum atomic E-state index is -3.21. The second kappa shape index (κ2) is 5.68. The van der Waals surface area contributed by atoms with Crippen LogP contribution < -0.4 is 10.9 Å². The van der Waals surface area contributed by atoms with E-state index in [2.05, 4.69) is 15.3 Å². The number of benzene rings is 1. The van der Waals surface area contributed by atoms with Gasteiger partial charge in [0.05, 0.1) is 4.90 Å². The number of hydrogen-bond acceptors (Lipinski definition) is 6. The lowest BCUT2D eigenvalue weighted by Gasteiger charge is -2.07. The monoisotopic (exact) mass is 311 g/mol. The van der Waals surface area contributed by atoms with Gasteiger partial charge in [-0.05, 0) is 30.5 Å². The number of anilines is 2. The van der Waals surface area contributed by atoms with Gasteiger partial charge >= 0.3 is 0 Å². The van der Waals surface area contributed by atoms with Crippen molar-refractivity contribution in [2.24, 2.45) is 0 Å². The van der Waals surface area contributed by atoms with Crippen LogP contribution in [0.4, 0.5) is 11.5 Å². The Labute approximate surface area is 120 Å². The van der Waals surface area contributed by atoms with E-state index in [0.29, 0.717) is 16.7 Å². The number of sulfone groups is 1. The van der Waals surface area contributed by atoms with Crippen LogP contribution in [-0.4, -0.2) is 30.9 Å².